The number of fused-ring (bicyclic) bond motifs is 1. The van der Waals surface area contributed by atoms with Crippen molar-refractivity contribution in [2.75, 3.05) is 39.8 Å². The third-order valence-electron chi connectivity index (χ3n) is 6.89. The number of nitrogens with zero attached hydrogens (tertiary/aromatic N) is 3. The van der Waals surface area contributed by atoms with Gasteiger partial charge in [-0.15, -0.1) is 0 Å². The summed E-state index contributed by atoms with van der Waals surface area (Å²) < 4.78 is 7.41. The molecule has 0 atom stereocenters. The molecular formula is C30H32N4O3. The highest BCUT2D eigenvalue weighted by atomic mass is 16.5. The van der Waals surface area contributed by atoms with E-state index in [4.69, 9.17) is 4.74 Å². The normalized spacial score (nSPS) is 14.0. The van der Waals surface area contributed by atoms with E-state index in [0.717, 1.165) is 33.3 Å². The zero-order chi connectivity index (χ0) is 25.6. The summed E-state index contributed by atoms with van der Waals surface area (Å²) in [4.78, 5) is 30.0. The predicted octanol–water partition coefficient (Wildman–Crippen LogP) is 3.77. The number of aromatic nitrogens is 1. The molecule has 7 nitrogen and oxygen atoms in total. The predicted molar refractivity (Wildman–Crippen MR) is 145 cm³/mol. The van der Waals surface area contributed by atoms with Crippen molar-refractivity contribution in [2.45, 2.75) is 13.1 Å². The van der Waals surface area contributed by atoms with Crippen molar-refractivity contribution in [1.82, 2.24) is 19.7 Å². The van der Waals surface area contributed by atoms with E-state index in [1.165, 1.54) is 0 Å². The number of carbonyl (C=O) groups is 2. The summed E-state index contributed by atoms with van der Waals surface area (Å²) in [6.45, 7) is 4.09. The van der Waals surface area contributed by atoms with Crippen molar-refractivity contribution in [3.05, 3.63) is 102 Å². The lowest BCUT2D eigenvalue weighted by molar-refractivity contribution is -0.122. The van der Waals surface area contributed by atoms with Gasteiger partial charge in [-0.3, -0.25) is 14.5 Å². The van der Waals surface area contributed by atoms with Crippen LogP contribution in [-0.2, 0) is 17.9 Å². The molecule has 7 heteroatoms. The maximum Gasteiger partial charge on any atom is 0.256 e. The van der Waals surface area contributed by atoms with Gasteiger partial charge in [0.1, 0.15) is 5.75 Å². The highest BCUT2D eigenvalue weighted by molar-refractivity contribution is 6.07. The molecule has 1 saturated heterocycles. The molecule has 2 heterocycles. The first-order chi connectivity index (χ1) is 18.1. The molecule has 1 aliphatic rings. The summed E-state index contributed by atoms with van der Waals surface area (Å²) in [5.41, 5.74) is 3.98. The van der Waals surface area contributed by atoms with Gasteiger partial charge in [0.25, 0.3) is 5.91 Å². The van der Waals surface area contributed by atoms with Crippen LogP contribution in [0.1, 0.15) is 21.5 Å². The molecule has 0 aliphatic carbocycles. The van der Waals surface area contributed by atoms with E-state index in [0.29, 0.717) is 45.8 Å². The second kappa shape index (κ2) is 11.3. The van der Waals surface area contributed by atoms with Crippen LogP contribution in [0.5, 0.6) is 5.75 Å². The Morgan fingerprint density at radius 1 is 0.838 bits per heavy atom. The minimum atomic E-state index is 0.00484. The van der Waals surface area contributed by atoms with Crippen molar-refractivity contribution in [3.8, 4) is 5.75 Å². The second-order valence-electron chi connectivity index (χ2n) is 9.37. The molecule has 4 aromatic rings. The average Bonchev–Trinajstić information content (AvgIpc) is 3.31. The molecule has 3 aromatic carbocycles. The molecular weight excluding hydrogens is 464 g/mol. The van der Waals surface area contributed by atoms with Gasteiger partial charge in [-0.25, -0.2) is 0 Å². The number of ether oxygens (including phenoxy) is 1. The Morgan fingerprint density at radius 2 is 1.54 bits per heavy atom. The van der Waals surface area contributed by atoms with E-state index >= 15 is 0 Å². The average molecular weight is 497 g/mol. The first-order valence-electron chi connectivity index (χ1n) is 12.6. The number of hydrogen-bond acceptors (Lipinski definition) is 4. The lowest BCUT2D eigenvalue weighted by atomic mass is 10.1. The Bertz CT molecular complexity index is 1360. The van der Waals surface area contributed by atoms with E-state index in [1.807, 2.05) is 83.9 Å². The van der Waals surface area contributed by atoms with Gasteiger partial charge >= 0.3 is 0 Å². The van der Waals surface area contributed by atoms with Crippen LogP contribution in [-0.4, -0.2) is 66.0 Å². The molecule has 1 N–H and O–H groups in total. The maximum atomic E-state index is 13.5. The molecule has 1 aromatic heterocycles. The molecule has 37 heavy (non-hydrogen) atoms. The van der Waals surface area contributed by atoms with Gasteiger partial charge in [0, 0.05) is 56.4 Å². The number of piperazine rings is 1. The molecule has 1 aliphatic heterocycles. The zero-order valence-corrected chi connectivity index (χ0v) is 21.1. The van der Waals surface area contributed by atoms with E-state index in [1.54, 1.807) is 7.11 Å². The third-order valence-corrected chi connectivity index (χ3v) is 6.89. The third kappa shape index (κ3) is 5.84. The van der Waals surface area contributed by atoms with Crippen LogP contribution >= 0.6 is 0 Å². The van der Waals surface area contributed by atoms with Gasteiger partial charge in [0.2, 0.25) is 5.91 Å². The fourth-order valence-electron chi connectivity index (χ4n) is 4.81. The number of nitrogens with one attached hydrogen (secondary N) is 1. The molecule has 0 spiro atoms. The Kier molecular flexibility index (Phi) is 7.51. The summed E-state index contributed by atoms with van der Waals surface area (Å²) in [5, 5.41) is 3.95. The Hall–Kier alpha value is -4.10. The van der Waals surface area contributed by atoms with Gasteiger partial charge in [-0.2, -0.15) is 0 Å². The summed E-state index contributed by atoms with van der Waals surface area (Å²) in [7, 11) is 1.66. The lowest BCUT2D eigenvalue weighted by Gasteiger charge is -2.34. The number of para-hydroxylation sites is 1. The monoisotopic (exact) mass is 496 g/mol. The number of methoxy groups -OCH3 is 1. The molecule has 0 radical (unpaired) electrons. The van der Waals surface area contributed by atoms with Gasteiger partial charge in [-0.1, -0.05) is 60.7 Å². The number of amides is 2. The standard InChI is InChI=1S/C30H32N4O3/c1-37-25-13-11-24(12-14-25)20-34-21-27(26-9-5-6-10-28(26)34)30(36)33-17-15-32(16-18-33)22-29(35)31-19-23-7-3-2-4-8-23/h2-14,21H,15-20,22H2,1H3,(H,31,35). The topological polar surface area (TPSA) is 66.8 Å². The summed E-state index contributed by atoms with van der Waals surface area (Å²) in [6.07, 6.45) is 1.97. The highest BCUT2D eigenvalue weighted by Crippen LogP contribution is 2.25. The van der Waals surface area contributed by atoms with Crippen LogP contribution < -0.4 is 10.1 Å². The molecule has 0 saturated carbocycles. The first kappa shape index (κ1) is 24.6. The summed E-state index contributed by atoms with van der Waals surface area (Å²) in [6, 6.07) is 25.9. The number of rotatable bonds is 8. The molecule has 1 fully saturated rings. The number of hydrogen-bond donors (Lipinski definition) is 1. The van der Waals surface area contributed by atoms with Crippen LogP contribution in [0.25, 0.3) is 10.9 Å². The largest absolute Gasteiger partial charge is 0.497 e. The van der Waals surface area contributed by atoms with Crippen molar-refractivity contribution >= 4 is 22.7 Å². The van der Waals surface area contributed by atoms with Crippen molar-refractivity contribution in [2.24, 2.45) is 0 Å². The Morgan fingerprint density at radius 3 is 2.27 bits per heavy atom. The fraction of sp³-hybridized carbons (Fsp3) is 0.267. The van der Waals surface area contributed by atoms with Gasteiger partial charge < -0.3 is 19.5 Å². The van der Waals surface area contributed by atoms with Crippen LogP contribution in [0, 0.1) is 0 Å². The second-order valence-corrected chi connectivity index (χ2v) is 9.37. The summed E-state index contributed by atoms with van der Waals surface area (Å²) >= 11 is 0. The van der Waals surface area contributed by atoms with Crippen LogP contribution in [0.3, 0.4) is 0 Å². The maximum absolute atomic E-state index is 13.5. The van der Waals surface area contributed by atoms with E-state index in [9.17, 15) is 9.59 Å². The van der Waals surface area contributed by atoms with Crippen LogP contribution in [0.15, 0.2) is 85.1 Å². The number of carbonyl (C=O) groups excluding carboxylic acids is 2. The van der Waals surface area contributed by atoms with Gasteiger partial charge in [-0.05, 0) is 29.3 Å². The Balaban J connectivity index is 1.20. The molecule has 190 valence electrons. The van der Waals surface area contributed by atoms with Gasteiger partial charge in [0.15, 0.2) is 0 Å². The van der Waals surface area contributed by atoms with Crippen molar-refractivity contribution in [1.29, 1.82) is 0 Å². The van der Waals surface area contributed by atoms with E-state index in [-0.39, 0.29) is 11.8 Å². The number of benzene rings is 3. The Labute approximate surface area is 217 Å². The summed E-state index contributed by atoms with van der Waals surface area (Å²) in [5.74, 6) is 0.868. The highest BCUT2D eigenvalue weighted by Gasteiger charge is 2.25. The SMILES string of the molecule is COc1ccc(Cn2cc(C(=O)N3CCN(CC(=O)NCc4ccccc4)CC3)c3ccccc32)cc1. The first-order valence-corrected chi connectivity index (χ1v) is 12.6. The molecule has 0 bridgehead atoms. The molecule has 2 amide bonds. The smallest absolute Gasteiger partial charge is 0.256 e. The van der Waals surface area contributed by atoms with Crippen LogP contribution in [0.2, 0.25) is 0 Å². The minimum Gasteiger partial charge on any atom is -0.497 e. The van der Waals surface area contributed by atoms with E-state index in [2.05, 4.69) is 20.9 Å². The van der Waals surface area contributed by atoms with Crippen molar-refractivity contribution in [3.63, 3.8) is 0 Å². The molecule has 5 rings (SSSR count). The van der Waals surface area contributed by atoms with Crippen molar-refractivity contribution < 1.29 is 14.3 Å². The lowest BCUT2D eigenvalue weighted by Crippen LogP contribution is -2.51. The zero-order valence-electron chi connectivity index (χ0n) is 21.1. The fourth-order valence-corrected chi connectivity index (χ4v) is 4.81. The van der Waals surface area contributed by atoms with Crippen LogP contribution in [0.4, 0.5) is 0 Å². The van der Waals surface area contributed by atoms with E-state index < -0.39 is 0 Å². The molecule has 0 unspecified atom stereocenters. The quantitative estimate of drug-likeness (QED) is 0.403. The van der Waals surface area contributed by atoms with Gasteiger partial charge in [0.05, 0.1) is 19.2 Å². The minimum absolute atomic E-state index is 0.00484.